The van der Waals surface area contributed by atoms with Crippen molar-refractivity contribution in [3.63, 3.8) is 0 Å². The van der Waals surface area contributed by atoms with Gasteiger partial charge in [-0.25, -0.2) is 0 Å². The van der Waals surface area contributed by atoms with Crippen LogP contribution in [0.15, 0.2) is 55.6 Å². The number of esters is 1. The minimum atomic E-state index is -1.24. The summed E-state index contributed by atoms with van der Waals surface area (Å²) in [6.07, 6.45) is 3.62. The molecule has 7 atom stereocenters. The van der Waals surface area contributed by atoms with Gasteiger partial charge < -0.3 is 29.7 Å². The minimum absolute atomic E-state index is 0.0585. The summed E-state index contributed by atoms with van der Waals surface area (Å²) < 4.78 is 12.7. The van der Waals surface area contributed by atoms with E-state index in [4.69, 9.17) is 9.47 Å². The third kappa shape index (κ3) is 6.58. The van der Waals surface area contributed by atoms with Crippen molar-refractivity contribution < 1.29 is 33.8 Å². The van der Waals surface area contributed by atoms with Gasteiger partial charge in [0.05, 0.1) is 37.1 Å². The fourth-order valence-corrected chi connectivity index (χ4v) is 7.23. The number of ether oxygens (including phenoxy) is 2. The van der Waals surface area contributed by atoms with Gasteiger partial charge in [-0.15, -0.1) is 13.2 Å². The van der Waals surface area contributed by atoms with Gasteiger partial charge in [-0.3, -0.25) is 19.2 Å². The van der Waals surface area contributed by atoms with E-state index in [0.29, 0.717) is 24.8 Å². The number of carbonyl (C=O) groups is 4. The van der Waals surface area contributed by atoms with Crippen LogP contribution in [-0.2, 0) is 28.7 Å². The van der Waals surface area contributed by atoms with Crippen molar-refractivity contribution in [3.05, 3.63) is 61.2 Å². The maximum atomic E-state index is 14.5. The van der Waals surface area contributed by atoms with Crippen LogP contribution in [-0.4, -0.2) is 87.6 Å². The Labute approximate surface area is 266 Å². The first-order valence-corrected chi connectivity index (χ1v) is 16.0. The van der Waals surface area contributed by atoms with Crippen LogP contribution >= 0.6 is 0 Å². The molecule has 3 heterocycles. The average Bonchev–Trinajstić information content (AvgIpc) is 3.64. The first kappa shape index (κ1) is 34.4. The highest BCUT2D eigenvalue weighted by Gasteiger charge is 2.76. The number of hydrogen-bond donors (Lipinski definition) is 2. The van der Waals surface area contributed by atoms with E-state index in [0.717, 1.165) is 0 Å². The highest BCUT2D eigenvalue weighted by Crippen LogP contribution is 2.59. The van der Waals surface area contributed by atoms with E-state index in [1.807, 2.05) is 65.0 Å². The predicted octanol–water partition coefficient (Wildman–Crippen LogP) is 3.56. The molecule has 0 aromatic heterocycles. The molecule has 3 aliphatic rings. The fraction of sp³-hybridized carbons (Fsp3) is 0.600. The highest BCUT2D eigenvalue weighted by atomic mass is 16.6. The number of nitrogens with one attached hydrogen (secondary N) is 1. The molecular weight excluding hydrogens is 574 g/mol. The zero-order valence-electron chi connectivity index (χ0n) is 27.2. The summed E-state index contributed by atoms with van der Waals surface area (Å²) in [5.41, 5.74) is -1.13. The smallest absolute Gasteiger partial charge is 0.313 e. The largest absolute Gasteiger partial charge is 0.455 e. The topological polar surface area (TPSA) is 125 Å². The second-order valence-corrected chi connectivity index (χ2v) is 13.7. The van der Waals surface area contributed by atoms with Gasteiger partial charge in [0.2, 0.25) is 17.7 Å². The summed E-state index contributed by atoms with van der Waals surface area (Å²) in [5, 5.41) is 13.3. The van der Waals surface area contributed by atoms with Gasteiger partial charge in [0, 0.05) is 18.5 Å². The molecule has 2 N–H and O–H groups in total. The van der Waals surface area contributed by atoms with Crippen LogP contribution < -0.4 is 5.32 Å². The fourth-order valence-electron chi connectivity index (χ4n) is 7.23. The summed E-state index contributed by atoms with van der Waals surface area (Å²) in [4.78, 5) is 58.7. The molecule has 10 nitrogen and oxygen atoms in total. The number of rotatable bonds is 14. The Morgan fingerprint density at radius 2 is 1.89 bits per heavy atom. The standard InChI is InChI=1S/C35H49N3O7/c1-8-10-16-27(40)36-20-26(23-14-12-11-13-15-23)44-33(43)28-25-17-18-35(45-25)29(28)31(41)38(24(21-39)22(3)4)30(35)32(42)37(19-9-2)34(5,6)7/h8-9,11-15,22,24-26,28-30,39H,1-2,10,16-21H2,3-7H3,(H,36,40)/t24-,25-,26+,28+,29+,30-,35+/m0/s1. The lowest BCUT2D eigenvalue weighted by Crippen LogP contribution is -2.62. The van der Waals surface area contributed by atoms with Gasteiger partial charge >= 0.3 is 5.97 Å². The van der Waals surface area contributed by atoms with Crippen molar-refractivity contribution in [2.24, 2.45) is 17.8 Å². The summed E-state index contributed by atoms with van der Waals surface area (Å²) in [5.74, 6) is -3.53. The van der Waals surface area contributed by atoms with E-state index in [9.17, 15) is 24.3 Å². The van der Waals surface area contributed by atoms with Crippen molar-refractivity contribution in [1.29, 1.82) is 0 Å². The van der Waals surface area contributed by atoms with E-state index in [1.54, 1.807) is 17.1 Å². The first-order chi connectivity index (χ1) is 21.3. The number of amides is 3. The van der Waals surface area contributed by atoms with Gasteiger partial charge in [0.1, 0.15) is 17.7 Å². The highest BCUT2D eigenvalue weighted by molar-refractivity contribution is 5.98. The van der Waals surface area contributed by atoms with E-state index < -0.39 is 53.2 Å². The van der Waals surface area contributed by atoms with Crippen molar-refractivity contribution >= 4 is 23.7 Å². The average molecular weight is 624 g/mol. The second kappa shape index (κ2) is 13.9. The summed E-state index contributed by atoms with van der Waals surface area (Å²) in [6.45, 7) is 17.0. The van der Waals surface area contributed by atoms with E-state index in [1.165, 1.54) is 4.90 Å². The molecule has 3 aliphatic heterocycles. The number of benzene rings is 1. The Bertz CT molecular complexity index is 1280. The van der Waals surface area contributed by atoms with Crippen molar-refractivity contribution in [2.45, 2.75) is 95.7 Å². The normalized spacial score (nSPS) is 26.7. The van der Waals surface area contributed by atoms with Crippen molar-refractivity contribution in [3.8, 4) is 0 Å². The molecule has 0 radical (unpaired) electrons. The van der Waals surface area contributed by atoms with Gasteiger partial charge in [-0.2, -0.15) is 0 Å². The number of hydrogen-bond acceptors (Lipinski definition) is 7. The molecule has 45 heavy (non-hydrogen) atoms. The lowest BCUT2D eigenvalue weighted by Gasteiger charge is -2.44. The first-order valence-electron chi connectivity index (χ1n) is 16.0. The van der Waals surface area contributed by atoms with E-state index >= 15 is 0 Å². The van der Waals surface area contributed by atoms with Crippen LogP contribution in [0.5, 0.6) is 0 Å². The zero-order chi connectivity index (χ0) is 33.1. The number of fused-ring (bicyclic) bond motifs is 1. The number of allylic oxidation sites excluding steroid dienone is 1. The lowest BCUT2D eigenvalue weighted by molar-refractivity contribution is -0.161. The molecule has 10 heteroatoms. The van der Waals surface area contributed by atoms with Crippen molar-refractivity contribution in [2.75, 3.05) is 19.7 Å². The molecule has 246 valence electrons. The van der Waals surface area contributed by atoms with Crippen LogP contribution in [0, 0.1) is 17.8 Å². The summed E-state index contributed by atoms with van der Waals surface area (Å²) in [7, 11) is 0. The number of likely N-dealkylation sites (tertiary alicyclic amines) is 1. The molecule has 3 saturated heterocycles. The Balaban J connectivity index is 1.69. The van der Waals surface area contributed by atoms with Gasteiger partial charge in [-0.1, -0.05) is 56.3 Å². The summed E-state index contributed by atoms with van der Waals surface area (Å²) >= 11 is 0. The van der Waals surface area contributed by atoms with Gasteiger partial charge in [-0.05, 0) is 51.5 Å². The molecule has 1 aromatic rings. The number of carbonyl (C=O) groups excluding carboxylic acids is 4. The number of aliphatic hydroxyl groups is 1. The van der Waals surface area contributed by atoms with E-state index in [-0.39, 0.29) is 49.8 Å². The minimum Gasteiger partial charge on any atom is -0.455 e. The number of aliphatic hydroxyl groups excluding tert-OH is 1. The van der Waals surface area contributed by atoms with Crippen LogP contribution in [0.2, 0.25) is 0 Å². The third-order valence-electron chi connectivity index (χ3n) is 9.44. The maximum Gasteiger partial charge on any atom is 0.313 e. The third-order valence-corrected chi connectivity index (χ3v) is 9.44. The zero-order valence-corrected chi connectivity index (χ0v) is 27.2. The Morgan fingerprint density at radius 3 is 2.47 bits per heavy atom. The van der Waals surface area contributed by atoms with Crippen LogP contribution in [0.4, 0.5) is 0 Å². The summed E-state index contributed by atoms with van der Waals surface area (Å²) in [6, 6.07) is 7.46. The monoisotopic (exact) mass is 623 g/mol. The molecule has 1 aromatic carbocycles. The molecule has 0 saturated carbocycles. The quantitative estimate of drug-likeness (QED) is 0.240. The van der Waals surface area contributed by atoms with E-state index in [2.05, 4.69) is 18.5 Å². The Morgan fingerprint density at radius 1 is 1.20 bits per heavy atom. The molecule has 2 bridgehead atoms. The maximum absolute atomic E-state index is 14.5. The molecule has 1 spiro atoms. The lowest BCUT2D eigenvalue weighted by atomic mass is 9.70. The van der Waals surface area contributed by atoms with Crippen LogP contribution in [0.25, 0.3) is 0 Å². The van der Waals surface area contributed by atoms with Crippen molar-refractivity contribution in [1.82, 2.24) is 15.1 Å². The van der Waals surface area contributed by atoms with Gasteiger partial charge in [0.15, 0.2) is 0 Å². The Kier molecular flexibility index (Phi) is 10.6. The predicted molar refractivity (Wildman–Crippen MR) is 170 cm³/mol. The Hall–Kier alpha value is -3.50. The second-order valence-electron chi connectivity index (χ2n) is 13.7. The molecule has 3 fully saturated rings. The van der Waals surface area contributed by atoms with Gasteiger partial charge in [0.25, 0.3) is 0 Å². The van der Waals surface area contributed by atoms with Crippen LogP contribution in [0.1, 0.15) is 72.0 Å². The molecule has 0 unspecified atom stereocenters. The molecular formula is C35H49N3O7. The molecule has 3 amide bonds. The molecule has 4 rings (SSSR count). The molecule has 0 aliphatic carbocycles. The SMILES string of the molecule is C=CCCC(=O)NC[C@@H](OC(=O)[C@@H]1[C@@H]2CC[C@]3(O2)[C@H](C(=O)N(CC=C)C(C)(C)C)N([C@@H](CO)C(C)C)C(=O)[C@@H]13)c1ccccc1. The number of nitrogens with zero attached hydrogens (tertiary/aromatic N) is 2. The van der Waals surface area contributed by atoms with Crippen LogP contribution in [0.3, 0.4) is 0 Å².